The average Bonchev–Trinajstić information content (AvgIpc) is 2.99. The van der Waals surface area contributed by atoms with Crippen LogP contribution in [0.25, 0.3) is 0 Å². The summed E-state index contributed by atoms with van der Waals surface area (Å²) in [6.45, 7) is 6.92. The molecule has 1 aromatic heterocycles. The van der Waals surface area contributed by atoms with E-state index in [0.29, 0.717) is 24.8 Å². The van der Waals surface area contributed by atoms with Crippen molar-refractivity contribution in [3.63, 3.8) is 0 Å². The van der Waals surface area contributed by atoms with Gasteiger partial charge in [-0.05, 0) is 6.92 Å². The lowest BCUT2D eigenvalue weighted by Crippen LogP contribution is -2.39. The van der Waals surface area contributed by atoms with Crippen LogP contribution in [0.1, 0.15) is 6.92 Å². The third-order valence-corrected chi connectivity index (χ3v) is 3.74. The molecule has 1 aliphatic heterocycles. The van der Waals surface area contributed by atoms with Gasteiger partial charge in [-0.3, -0.25) is 9.69 Å². The van der Waals surface area contributed by atoms with Crippen molar-refractivity contribution < 1.29 is 9.59 Å². The summed E-state index contributed by atoms with van der Waals surface area (Å²) in [5, 5.41) is 10.6. The number of rotatable bonds is 5. The molecule has 0 radical (unpaired) electrons. The van der Waals surface area contributed by atoms with Crippen LogP contribution < -0.4 is 5.32 Å². The number of thioether (sulfide) groups is 1. The largest absolute Gasteiger partial charge is 0.336 e. The second-order valence-corrected chi connectivity index (χ2v) is 5.34. The number of urea groups is 1. The Bertz CT molecular complexity index is 501. The van der Waals surface area contributed by atoms with E-state index in [1.807, 2.05) is 0 Å². The van der Waals surface area contributed by atoms with Crippen molar-refractivity contribution in [2.75, 3.05) is 13.1 Å². The van der Waals surface area contributed by atoms with Crippen LogP contribution >= 0.6 is 11.8 Å². The second kappa shape index (κ2) is 5.87. The molecule has 0 saturated carbocycles. The second-order valence-electron chi connectivity index (χ2n) is 4.04. The summed E-state index contributed by atoms with van der Waals surface area (Å²) >= 11 is 1.28. The number of nitrogens with one attached hydrogen (secondary N) is 1. The van der Waals surface area contributed by atoms with Gasteiger partial charge in [0.15, 0.2) is 5.16 Å². The topological polar surface area (TPSA) is 80.1 Å². The van der Waals surface area contributed by atoms with Crippen LogP contribution in [0.4, 0.5) is 4.79 Å². The van der Waals surface area contributed by atoms with Gasteiger partial charge in [0.05, 0.1) is 5.25 Å². The molecule has 3 amide bonds. The predicted molar refractivity (Wildman–Crippen MR) is 70.6 cm³/mol. The number of carbonyl (C=O) groups is 2. The van der Waals surface area contributed by atoms with Gasteiger partial charge < -0.3 is 9.88 Å². The molecule has 1 atom stereocenters. The van der Waals surface area contributed by atoms with E-state index in [4.69, 9.17) is 0 Å². The Morgan fingerprint density at radius 2 is 2.53 bits per heavy atom. The van der Waals surface area contributed by atoms with E-state index in [0.717, 1.165) is 0 Å². The molecule has 0 spiro atoms. The van der Waals surface area contributed by atoms with Crippen LogP contribution in [0.2, 0.25) is 0 Å². The molecule has 0 aromatic carbocycles. The summed E-state index contributed by atoms with van der Waals surface area (Å²) < 4.78 is 1.80. The maximum atomic E-state index is 12.1. The zero-order valence-electron chi connectivity index (χ0n) is 10.6. The normalized spacial score (nSPS) is 16.3. The molecule has 0 aliphatic carbocycles. The van der Waals surface area contributed by atoms with E-state index in [1.54, 1.807) is 23.9 Å². The predicted octanol–water partition coefficient (Wildman–Crippen LogP) is 0.496. The standard InChI is InChI=1S/C11H15N5O2S/c1-3-5-15-7-13-14-11(15)19-8(2)9(17)16-6-4-12-10(16)18/h3,7-8H,1,4-6H2,2H3,(H,12,18). The van der Waals surface area contributed by atoms with Crippen molar-refractivity contribution in [2.45, 2.75) is 23.9 Å². The monoisotopic (exact) mass is 281 g/mol. The molecular formula is C11H15N5O2S. The molecule has 19 heavy (non-hydrogen) atoms. The summed E-state index contributed by atoms with van der Waals surface area (Å²) in [6.07, 6.45) is 3.32. The lowest BCUT2D eigenvalue weighted by atomic mass is 10.4. The zero-order valence-corrected chi connectivity index (χ0v) is 11.4. The first-order chi connectivity index (χ1) is 9.13. The highest BCUT2D eigenvalue weighted by molar-refractivity contribution is 8.00. The summed E-state index contributed by atoms with van der Waals surface area (Å²) in [6, 6.07) is -0.329. The highest BCUT2D eigenvalue weighted by Crippen LogP contribution is 2.22. The van der Waals surface area contributed by atoms with Crippen LogP contribution in [0.15, 0.2) is 24.1 Å². The smallest absolute Gasteiger partial charge is 0.324 e. The van der Waals surface area contributed by atoms with Crippen molar-refractivity contribution in [1.82, 2.24) is 25.0 Å². The number of allylic oxidation sites excluding steroid dienone is 1. The zero-order chi connectivity index (χ0) is 13.8. The number of hydrogen-bond donors (Lipinski definition) is 1. The van der Waals surface area contributed by atoms with E-state index in [2.05, 4.69) is 22.1 Å². The van der Waals surface area contributed by atoms with Crippen LogP contribution in [0.3, 0.4) is 0 Å². The van der Waals surface area contributed by atoms with Crippen LogP contribution in [-0.2, 0) is 11.3 Å². The van der Waals surface area contributed by atoms with Gasteiger partial charge in [0, 0.05) is 19.6 Å². The fourth-order valence-corrected chi connectivity index (χ4v) is 2.61. The highest BCUT2D eigenvalue weighted by Gasteiger charge is 2.30. The fraction of sp³-hybridized carbons (Fsp3) is 0.455. The Balaban J connectivity index is 2.01. The Hall–Kier alpha value is -1.83. The molecule has 2 rings (SSSR count). The summed E-state index contributed by atoms with van der Waals surface area (Å²) in [7, 11) is 0. The lowest BCUT2D eigenvalue weighted by molar-refractivity contribution is -0.126. The Labute approximate surface area is 115 Å². The molecule has 2 heterocycles. The maximum Gasteiger partial charge on any atom is 0.324 e. The molecule has 1 aliphatic rings. The summed E-state index contributed by atoms with van der Waals surface area (Å²) in [5.74, 6) is -0.215. The molecule has 8 heteroatoms. The highest BCUT2D eigenvalue weighted by atomic mass is 32.2. The Kier molecular flexibility index (Phi) is 4.20. The number of amides is 3. The van der Waals surface area contributed by atoms with E-state index in [9.17, 15) is 9.59 Å². The van der Waals surface area contributed by atoms with Crippen LogP contribution in [0.5, 0.6) is 0 Å². The van der Waals surface area contributed by atoms with Crippen molar-refractivity contribution >= 4 is 23.7 Å². The molecule has 1 aromatic rings. The molecule has 102 valence electrons. The van der Waals surface area contributed by atoms with Gasteiger partial charge in [-0.1, -0.05) is 17.8 Å². The van der Waals surface area contributed by atoms with Crippen LogP contribution in [-0.4, -0.2) is 49.9 Å². The summed E-state index contributed by atoms with van der Waals surface area (Å²) in [5.41, 5.74) is 0. The van der Waals surface area contributed by atoms with Crippen molar-refractivity contribution in [3.8, 4) is 0 Å². The maximum absolute atomic E-state index is 12.1. The molecule has 1 unspecified atom stereocenters. The molecule has 1 N–H and O–H groups in total. The summed E-state index contributed by atoms with van der Waals surface area (Å²) in [4.78, 5) is 24.8. The third-order valence-electron chi connectivity index (χ3n) is 2.66. The first-order valence-corrected chi connectivity index (χ1v) is 6.76. The molecular weight excluding hydrogens is 266 g/mol. The van der Waals surface area contributed by atoms with Gasteiger partial charge in [0.1, 0.15) is 6.33 Å². The number of carbonyl (C=O) groups excluding carboxylic acids is 2. The van der Waals surface area contributed by atoms with E-state index in [1.165, 1.54) is 16.7 Å². The SMILES string of the molecule is C=CCn1cnnc1SC(C)C(=O)N1CCNC1=O. The van der Waals surface area contributed by atoms with Crippen LogP contribution in [0, 0.1) is 0 Å². The minimum atomic E-state index is -0.392. The molecule has 1 fully saturated rings. The number of nitrogens with zero attached hydrogens (tertiary/aromatic N) is 4. The van der Waals surface area contributed by atoms with Crippen molar-refractivity contribution in [2.24, 2.45) is 0 Å². The van der Waals surface area contributed by atoms with E-state index < -0.39 is 5.25 Å². The van der Waals surface area contributed by atoms with Gasteiger partial charge in [-0.15, -0.1) is 16.8 Å². The van der Waals surface area contributed by atoms with Gasteiger partial charge in [-0.25, -0.2) is 4.79 Å². The number of imide groups is 1. The minimum absolute atomic E-state index is 0.215. The van der Waals surface area contributed by atoms with Crippen molar-refractivity contribution in [3.05, 3.63) is 19.0 Å². The molecule has 7 nitrogen and oxygen atoms in total. The van der Waals surface area contributed by atoms with Gasteiger partial charge in [0.2, 0.25) is 5.91 Å². The van der Waals surface area contributed by atoms with Crippen molar-refractivity contribution in [1.29, 1.82) is 0 Å². The Morgan fingerprint density at radius 1 is 1.74 bits per heavy atom. The molecule has 1 saturated heterocycles. The number of hydrogen-bond acceptors (Lipinski definition) is 5. The average molecular weight is 281 g/mol. The van der Waals surface area contributed by atoms with Gasteiger partial charge in [-0.2, -0.15) is 0 Å². The molecule has 0 bridgehead atoms. The Morgan fingerprint density at radius 3 is 3.16 bits per heavy atom. The first-order valence-electron chi connectivity index (χ1n) is 5.88. The number of aromatic nitrogens is 3. The first kappa shape index (κ1) is 13.6. The fourth-order valence-electron chi connectivity index (χ4n) is 1.71. The quantitative estimate of drug-likeness (QED) is 0.628. The van der Waals surface area contributed by atoms with E-state index in [-0.39, 0.29) is 11.9 Å². The third kappa shape index (κ3) is 2.95. The lowest BCUT2D eigenvalue weighted by Gasteiger charge is -2.17. The van der Waals surface area contributed by atoms with Gasteiger partial charge in [0.25, 0.3) is 0 Å². The van der Waals surface area contributed by atoms with Gasteiger partial charge >= 0.3 is 6.03 Å². The minimum Gasteiger partial charge on any atom is -0.336 e. The van der Waals surface area contributed by atoms with E-state index >= 15 is 0 Å².